The summed E-state index contributed by atoms with van der Waals surface area (Å²) in [7, 11) is 0. The fourth-order valence-electron chi connectivity index (χ4n) is 1.63. The molecule has 0 saturated heterocycles. The Kier molecular flexibility index (Phi) is 3.91. The first-order chi connectivity index (χ1) is 9.49. The fourth-order valence-corrected chi connectivity index (χ4v) is 1.82. The number of carbonyl (C=O) groups excluding carboxylic acids is 2. The highest BCUT2D eigenvalue weighted by Gasteiger charge is 2.19. The van der Waals surface area contributed by atoms with Gasteiger partial charge in [0.1, 0.15) is 0 Å². The Bertz CT molecular complexity index is 695. The third-order valence-corrected chi connectivity index (χ3v) is 2.87. The third-order valence-electron chi connectivity index (χ3n) is 2.63. The molecule has 0 heterocycles. The number of nitrogens with zero attached hydrogens (tertiary/aromatic N) is 1. The molecular formula is C14H8ClNO4. The molecule has 0 saturated carbocycles. The van der Waals surface area contributed by atoms with Crippen LogP contribution in [0, 0.1) is 10.1 Å². The average Bonchev–Trinajstić information content (AvgIpc) is 2.46. The molecule has 0 bridgehead atoms. The Hall–Kier alpha value is -2.53. The first-order valence-corrected chi connectivity index (χ1v) is 5.96. The van der Waals surface area contributed by atoms with Crippen LogP contribution in [0.25, 0.3) is 0 Å². The van der Waals surface area contributed by atoms with E-state index in [9.17, 15) is 19.7 Å². The van der Waals surface area contributed by atoms with Crippen LogP contribution in [0.4, 0.5) is 5.69 Å². The lowest BCUT2D eigenvalue weighted by atomic mass is 10.0. The van der Waals surface area contributed by atoms with Crippen molar-refractivity contribution in [1.29, 1.82) is 0 Å². The maximum atomic E-state index is 12.0. The van der Waals surface area contributed by atoms with E-state index in [1.807, 2.05) is 0 Å². The summed E-state index contributed by atoms with van der Waals surface area (Å²) < 4.78 is 0. The average molecular weight is 290 g/mol. The number of Topliss-reactive ketones (excluding diaryl/α,β-unsaturated/α-hetero) is 2. The minimum atomic E-state index is -0.734. The van der Waals surface area contributed by atoms with E-state index in [4.69, 9.17) is 11.6 Å². The maximum absolute atomic E-state index is 12.0. The molecule has 0 aliphatic carbocycles. The van der Waals surface area contributed by atoms with Gasteiger partial charge in [0.25, 0.3) is 5.69 Å². The van der Waals surface area contributed by atoms with Gasteiger partial charge >= 0.3 is 0 Å². The van der Waals surface area contributed by atoms with Gasteiger partial charge in [-0.2, -0.15) is 0 Å². The molecule has 2 rings (SSSR count). The Morgan fingerprint density at radius 2 is 1.55 bits per heavy atom. The second-order valence-corrected chi connectivity index (χ2v) is 4.41. The monoisotopic (exact) mass is 289 g/mol. The molecule has 0 fully saturated rings. The molecule has 0 amide bonds. The van der Waals surface area contributed by atoms with E-state index in [1.165, 1.54) is 36.4 Å². The Morgan fingerprint density at radius 3 is 2.10 bits per heavy atom. The molecule has 0 aliphatic rings. The zero-order chi connectivity index (χ0) is 14.7. The normalized spacial score (nSPS) is 10.1. The Labute approximate surface area is 118 Å². The van der Waals surface area contributed by atoms with Gasteiger partial charge in [-0.25, -0.2) is 0 Å². The number of nitro groups is 1. The van der Waals surface area contributed by atoms with Crippen molar-refractivity contribution in [3.8, 4) is 0 Å². The molecular weight excluding hydrogens is 282 g/mol. The third kappa shape index (κ3) is 2.89. The lowest BCUT2D eigenvalue weighted by Crippen LogP contribution is -2.14. The van der Waals surface area contributed by atoms with Crippen LogP contribution >= 0.6 is 11.6 Å². The van der Waals surface area contributed by atoms with E-state index in [2.05, 4.69) is 0 Å². The van der Waals surface area contributed by atoms with Crippen molar-refractivity contribution in [3.63, 3.8) is 0 Å². The summed E-state index contributed by atoms with van der Waals surface area (Å²) in [6.07, 6.45) is 0. The lowest BCUT2D eigenvalue weighted by molar-refractivity contribution is -0.384. The molecule has 0 unspecified atom stereocenters. The van der Waals surface area contributed by atoms with E-state index in [0.29, 0.717) is 5.02 Å². The molecule has 0 spiro atoms. The van der Waals surface area contributed by atoms with Gasteiger partial charge in [-0.05, 0) is 24.3 Å². The summed E-state index contributed by atoms with van der Waals surface area (Å²) in [5.41, 5.74) is 0.137. The highest BCUT2D eigenvalue weighted by atomic mass is 35.5. The van der Waals surface area contributed by atoms with Crippen molar-refractivity contribution in [3.05, 3.63) is 74.8 Å². The van der Waals surface area contributed by atoms with Gasteiger partial charge in [-0.1, -0.05) is 23.7 Å². The molecule has 5 nitrogen and oxygen atoms in total. The number of ketones is 2. The summed E-state index contributed by atoms with van der Waals surface area (Å²) in [4.78, 5) is 33.9. The van der Waals surface area contributed by atoms with E-state index in [-0.39, 0.29) is 16.8 Å². The summed E-state index contributed by atoms with van der Waals surface area (Å²) in [6, 6.07) is 10.9. The minimum absolute atomic E-state index is 0.0978. The van der Waals surface area contributed by atoms with Crippen molar-refractivity contribution >= 4 is 28.9 Å². The van der Waals surface area contributed by atoms with Crippen LogP contribution in [-0.2, 0) is 0 Å². The predicted octanol–water partition coefficient (Wildman–Crippen LogP) is 3.31. The molecule has 0 atom stereocenters. The van der Waals surface area contributed by atoms with Crippen LogP contribution in [-0.4, -0.2) is 16.5 Å². The van der Waals surface area contributed by atoms with Gasteiger partial charge in [-0.15, -0.1) is 0 Å². The van der Waals surface area contributed by atoms with Crippen LogP contribution in [0.2, 0.25) is 5.02 Å². The van der Waals surface area contributed by atoms with Crippen molar-refractivity contribution in [2.75, 3.05) is 0 Å². The fraction of sp³-hybridized carbons (Fsp3) is 0. The second-order valence-electron chi connectivity index (χ2n) is 3.97. The number of hydrogen-bond acceptors (Lipinski definition) is 4. The molecule has 2 aromatic carbocycles. The highest BCUT2D eigenvalue weighted by molar-refractivity contribution is 6.49. The highest BCUT2D eigenvalue weighted by Crippen LogP contribution is 2.16. The van der Waals surface area contributed by atoms with Crippen molar-refractivity contribution in [1.82, 2.24) is 0 Å². The van der Waals surface area contributed by atoms with E-state index >= 15 is 0 Å². The summed E-state index contributed by atoms with van der Waals surface area (Å²) in [5, 5.41) is 10.9. The maximum Gasteiger partial charge on any atom is 0.269 e. The molecule has 20 heavy (non-hydrogen) atoms. The zero-order valence-electron chi connectivity index (χ0n) is 10.1. The van der Waals surface area contributed by atoms with Crippen LogP contribution in [0.3, 0.4) is 0 Å². The number of halogens is 1. The van der Waals surface area contributed by atoms with Crippen molar-refractivity contribution in [2.45, 2.75) is 0 Å². The summed E-state index contributed by atoms with van der Waals surface area (Å²) >= 11 is 5.76. The summed E-state index contributed by atoms with van der Waals surface area (Å²) in [5.74, 6) is -1.44. The van der Waals surface area contributed by atoms with Gasteiger partial charge in [0, 0.05) is 28.3 Å². The molecule has 0 aromatic heterocycles. The van der Waals surface area contributed by atoms with Crippen molar-refractivity contribution < 1.29 is 14.5 Å². The van der Waals surface area contributed by atoms with Crippen LogP contribution in [0.1, 0.15) is 20.7 Å². The quantitative estimate of drug-likeness (QED) is 0.374. The van der Waals surface area contributed by atoms with Crippen LogP contribution in [0.5, 0.6) is 0 Å². The number of non-ortho nitro benzene ring substituents is 1. The number of benzene rings is 2. The molecule has 0 N–H and O–H groups in total. The van der Waals surface area contributed by atoms with Gasteiger partial charge in [-0.3, -0.25) is 19.7 Å². The smallest absolute Gasteiger partial charge is 0.269 e. The number of rotatable bonds is 4. The van der Waals surface area contributed by atoms with Gasteiger partial charge in [0.2, 0.25) is 11.6 Å². The lowest BCUT2D eigenvalue weighted by Gasteiger charge is -2.01. The van der Waals surface area contributed by atoms with Crippen LogP contribution < -0.4 is 0 Å². The van der Waals surface area contributed by atoms with E-state index in [1.54, 1.807) is 12.1 Å². The topological polar surface area (TPSA) is 77.3 Å². The molecule has 0 radical (unpaired) electrons. The largest absolute Gasteiger partial charge is 0.285 e. The van der Waals surface area contributed by atoms with E-state index in [0.717, 1.165) is 0 Å². The molecule has 6 heteroatoms. The number of hydrogen-bond donors (Lipinski definition) is 0. The number of carbonyl (C=O) groups is 2. The SMILES string of the molecule is O=C(C(=O)c1cccc(Cl)c1)c1ccc([N+](=O)[O-])cc1. The van der Waals surface area contributed by atoms with E-state index < -0.39 is 16.5 Å². The minimum Gasteiger partial charge on any atom is -0.285 e. The molecule has 0 aliphatic heterocycles. The van der Waals surface area contributed by atoms with Gasteiger partial charge < -0.3 is 0 Å². The van der Waals surface area contributed by atoms with Gasteiger partial charge in [0.05, 0.1) is 4.92 Å². The zero-order valence-corrected chi connectivity index (χ0v) is 10.8. The Morgan fingerprint density at radius 1 is 0.950 bits per heavy atom. The standard InChI is InChI=1S/C14H8ClNO4/c15-11-3-1-2-10(8-11)14(18)13(17)9-4-6-12(7-5-9)16(19)20/h1-8H. The number of nitro benzene ring substituents is 1. The van der Waals surface area contributed by atoms with Crippen LogP contribution in [0.15, 0.2) is 48.5 Å². The summed E-state index contributed by atoms with van der Waals surface area (Å²) in [6.45, 7) is 0. The molecule has 2 aromatic rings. The first-order valence-electron chi connectivity index (χ1n) is 5.58. The van der Waals surface area contributed by atoms with Crippen molar-refractivity contribution in [2.24, 2.45) is 0 Å². The Balaban J connectivity index is 2.27. The second kappa shape index (κ2) is 5.63. The molecule has 100 valence electrons. The van der Waals surface area contributed by atoms with Gasteiger partial charge in [0.15, 0.2) is 0 Å². The first kappa shape index (κ1) is 13.9. The predicted molar refractivity (Wildman–Crippen MR) is 73.2 cm³/mol.